The molecule has 0 amide bonds. The van der Waals surface area contributed by atoms with E-state index in [0.29, 0.717) is 0 Å². The van der Waals surface area contributed by atoms with E-state index in [-0.39, 0.29) is 6.04 Å². The second-order valence-electron chi connectivity index (χ2n) is 5.01. The molecule has 0 saturated carbocycles. The van der Waals surface area contributed by atoms with E-state index >= 15 is 0 Å². The molecule has 2 heterocycles. The van der Waals surface area contributed by atoms with Crippen molar-refractivity contribution >= 4 is 0 Å². The molecule has 0 bridgehead atoms. The van der Waals surface area contributed by atoms with Crippen LogP contribution in [0.4, 0.5) is 0 Å². The van der Waals surface area contributed by atoms with Crippen molar-refractivity contribution < 1.29 is 4.74 Å². The average Bonchev–Trinajstić information content (AvgIpc) is 2.70. The molecule has 2 rings (SSSR count). The summed E-state index contributed by atoms with van der Waals surface area (Å²) in [5.74, 6) is 0.750. The third-order valence-corrected chi connectivity index (χ3v) is 3.74. The Balaban J connectivity index is 2.10. The first-order chi connectivity index (χ1) is 9.54. The number of hydrogen-bond acceptors (Lipinski definition) is 4. The molecule has 0 aliphatic heterocycles. The van der Waals surface area contributed by atoms with Crippen LogP contribution in [-0.2, 0) is 13.5 Å². The van der Waals surface area contributed by atoms with Gasteiger partial charge in [0, 0.05) is 18.9 Å². The molecule has 0 saturated heterocycles. The van der Waals surface area contributed by atoms with Crippen molar-refractivity contribution in [1.82, 2.24) is 14.8 Å². The highest BCUT2D eigenvalue weighted by atomic mass is 16.5. The van der Waals surface area contributed by atoms with Crippen LogP contribution in [0.1, 0.15) is 35.1 Å². The van der Waals surface area contributed by atoms with E-state index < -0.39 is 0 Å². The number of aryl methyl sites for hydroxylation is 2. The fraction of sp³-hybridized carbons (Fsp3) is 0.467. The lowest BCUT2D eigenvalue weighted by Gasteiger charge is -2.14. The predicted octanol–water partition coefficient (Wildman–Crippen LogP) is 2.07. The van der Waals surface area contributed by atoms with Crippen molar-refractivity contribution in [2.24, 2.45) is 12.8 Å². The Morgan fingerprint density at radius 3 is 2.75 bits per heavy atom. The Bertz CT molecular complexity index is 592. The van der Waals surface area contributed by atoms with Crippen molar-refractivity contribution in [1.29, 1.82) is 0 Å². The summed E-state index contributed by atoms with van der Waals surface area (Å²) in [5.41, 5.74) is 10.6. The molecule has 0 aliphatic carbocycles. The fourth-order valence-corrected chi connectivity index (χ4v) is 2.47. The van der Waals surface area contributed by atoms with Crippen LogP contribution in [-0.4, -0.2) is 21.9 Å². The molecule has 5 heteroatoms. The Morgan fingerprint density at radius 2 is 2.15 bits per heavy atom. The van der Waals surface area contributed by atoms with Crippen LogP contribution in [0.15, 0.2) is 18.3 Å². The summed E-state index contributed by atoms with van der Waals surface area (Å²) in [5, 5.41) is 4.43. The van der Waals surface area contributed by atoms with Gasteiger partial charge in [-0.3, -0.25) is 9.67 Å². The molecule has 108 valence electrons. The number of aromatic nitrogens is 3. The molecular weight excluding hydrogens is 252 g/mol. The van der Waals surface area contributed by atoms with Crippen molar-refractivity contribution in [2.45, 2.75) is 32.7 Å². The van der Waals surface area contributed by atoms with Crippen molar-refractivity contribution in [2.75, 3.05) is 7.11 Å². The maximum atomic E-state index is 6.26. The molecule has 0 aliphatic rings. The summed E-state index contributed by atoms with van der Waals surface area (Å²) in [7, 11) is 3.61. The third kappa shape index (κ3) is 2.82. The van der Waals surface area contributed by atoms with Crippen LogP contribution >= 0.6 is 0 Å². The minimum absolute atomic E-state index is 0.134. The highest BCUT2D eigenvalue weighted by Gasteiger charge is 2.16. The van der Waals surface area contributed by atoms with Gasteiger partial charge in [-0.2, -0.15) is 5.10 Å². The lowest BCUT2D eigenvalue weighted by Crippen LogP contribution is -2.14. The summed E-state index contributed by atoms with van der Waals surface area (Å²) in [4.78, 5) is 4.34. The van der Waals surface area contributed by atoms with Gasteiger partial charge >= 0.3 is 0 Å². The molecule has 0 spiro atoms. The van der Waals surface area contributed by atoms with Crippen molar-refractivity contribution in [3.8, 4) is 5.75 Å². The molecule has 0 aromatic carbocycles. The summed E-state index contributed by atoms with van der Waals surface area (Å²) >= 11 is 0. The average molecular weight is 274 g/mol. The van der Waals surface area contributed by atoms with Gasteiger partial charge in [-0.05, 0) is 44.4 Å². The smallest absolute Gasteiger partial charge is 0.141 e. The quantitative estimate of drug-likeness (QED) is 0.906. The zero-order valence-corrected chi connectivity index (χ0v) is 12.6. The van der Waals surface area contributed by atoms with Crippen LogP contribution in [0.25, 0.3) is 0 Å². The summed E-state index contributed by atoms with van der Waals surface area (Å²) < 4.78 is 7.23. The zero-order chi connectivity index (χ0) is 14.7. The molecule has 1 unspecified atom stereocenters. The zero-order valence-electron chi connectivity index (χ0n) is 12.6. The molecule has 2 aromatic heterocycles. The molecule has 1 atom stereocenters. The van der Waals surface area contributed by atoms with Crippen LogP contribution < -0.4 is 10.5 Å². The number of methoxy groups -OCH3 is 1. The van der Waals surface area contributed by atoms with Gasteiger partial charge < -0.3 is 10.5 Å². The van der Waals surface area contributed by atoms with E-state index in [4.69, 9.17) is 10.5 Å². The predicted molar refractivity (Wildman–Crippen MR) is 78.7 cm³/mol. The molecular formula is C15H22N4O. The minimum Gasteiger partial charge on any atom is -0.495 e. The largest absolute Gasteiger partial charge is 0.495 e. The number of pyridine rings is 1. The molecule has 2 N–H and O–H groups in total. The van der Waals surface area contributed by atoms with E-state index in [1.54, 1.807) is 13.3 Å². The van der Waals surface area contributed by atoms with E-state index in [0.717, 1.165) is 30.0 Å². The Labute approximate surface area is 119 Å². The van der Waals surface area contributed by atoms with Gasteiger partial charge in [-0.1, -0.05) is 0 Å². The Morgan fingerprint density at radius 1 is 1.40 bits per heavy atom. The van der Waals surface area contributed by atoms with Crippen LogP contribution in [0.2, 0.25) is 0 Å². The second-order valence-corrected chi connectivity index (χ2v) is 5.01. The fourth-order valence-electron chi connectivity index (χ4n) is 2.47. The van der Waals surface area contributed by atoms with E-state index in [1.165, 1.54) is 11.3 Å². The van der Waals surface area contributed by atoms with Crippen LogP contribution in [0, 0.1) is 13.8 Å². The second kappa shape index (κ2) is 6.05. The molecule has 20 heavy (non-hydrogen) atoms. The first kappa shape index (κ1) is 14.5. The Kier molecular flexibility index (Phi) is 4.39. The number of nitrogens with two attached hydrogens (primary N) is 1. The van der Waals surface area contributed by atoms with Gasteiger partial charge in [0.05, 0.1) is 24.5 Å². The number of nitrogens with zero attached hydrogens (tertiary/aromatic N) is 3. The van der Waals surface area contributed by atoms with Crippen molar-refractivity contribution in [3.05, 3.63) is 41.0 Å². The van der Waals surface area contributed by atoms with Gasteiger partial charge in [0.1, 0.15) is 5.75 Å². The standard InChI is InChI=1S/C15H22N4O/c1-10-12(11(2)19(3)18-10)7-8-13(16)15-14(20-4)6-5-9-17-15/h5-6,9,13H,7-8,16H2,1-4H3. The van der Waals surface area contributed by atoms with Gasteiger partial charge in [-0.15, -0.1) is 0 Å². The number of ether oxygens (including phenoxy) is 1. The molecule has 0 radical (unpaired) electrons. The van der Waals surface area contributed by atoms with Gasteiger partial charge in [-0.25, -0.2) is 0 Å². The highest BCUT2D eigenvalue weighted by Crippen LogP contribution is 2.25. The number of hydrogen-bond donors (Lipinski definition) is 1. The van der Waals surface area contributed by atoms with E-state index in [1.807, 2.05) is 30.8 Å². The summed E-state index contributed by atoms with van der Waals surface area (Å²) in [6, 6.07) is 3.61. The third-order valence-electron chi connectivity index (χ3n) is 3.74. The van der Waals surface area contributed by atoms with E-state index in [2.05, 4.69) is 17.0 Å². The SMILES string of the molecule is COc1cccnc1C(N)CCc1c(C)nn(C)c1C. The topological polar surface area (TPSA) is 66.0 Å². The van der Waals surface area contributed by atoms with E-state index in [9.17, 15) is 0 Å². The first-order valence-electron chi connectivity index (χ1n) is 6.78. The van der Waals surface area contributed by atoms with Gasteiger partial charge in [0.15, 0.2) is 0 Å². The molecule has 0 fully saturated rings. The van der Waals surface area contributed by atoms with Gasteiger partial charge in [0.25, 0.3) is 0 Å². The number of rotatable bonds is 5. The molecule has 2 aromatic rings. The summed E-state index contributed by atoms with van der Waals surface area (Å²) in [6.45, 7) is 4.12. The lowest BCUT2D eigenvalue weighted by atomic mass is 10.0. The Hall–Kier alpha value is -1.88. The lowest BCUT2D eigenvalue weighted by molar-refractivity contribution is 0.400. The molecule has 5 nitrogen and oxygen atoms in total. The maximum absolute atomic E-state index is 6.26. The summed E-state index contributed by atoms with van der Waals surface area (Å²) in [6.07, 6.45) is 3.46. The monoisotopic (exact) mass is 274 g/mol. The minimum atomic E-state index is -0.134. The normalized spacial score (nSPS) is 12.4. The van der Waals surface area contributed by atoms with Crippen LogP contribution in [0.5, 0.6) is 5.75 Å². The highest BCUT2D eigenvalue weighted by molar-refractivity contribution is 5.30. The van der Waals surface area contributed by atoms with Crippen molar-refractivity contribution in [3.63, 3.8) is 0 Å². The van der Waals surface area contributed by atoms with Gasteiger partial charge in [0.2, 0.25) is 0 Å². The first-order valence-corrected chi connectivity index (χ1v) is 6.78. The van der Waals surface area contributed by atoms with Crippen LogP contribution in [0.3, 0.4) is 0 Å². The maximum Gasteiger partial charge on any atom is 0.141 e.